The van der Waals surface area contributed by atoms with Crippen LogP contribution in [0.25, 0.3) is 0 Å². The summed E-state index contributed by atoms with van der Waals surface area (Å²) in [4.78, 5) is 12.4. The molecule has 4 N–H and O–H groups in total. The van der Waals surface area contributed by atoms with Crippen LogP contribution in [0.4, 0.5) is 0 Å². The molecular weight excluding hydrogens is 655 g/mol. The zero-order valence-corrected chi connectivity index (χ0v) is 35.7. The number of aliphatic hydroxyl groups is 3. The smallest absolute Gasteiger partial charge is 0.220 e. The summed E-state index contributed by atoms with van der Waals surface area (Å²) < 4.78 is 0. The van der Waals surface area contributed by atoms with E-state index in [0.29, 0.717) is 12.8 Å². The molecule has 0 radical (unpaired) electrons. The molecule has 0 rings (SSSR count). The second-order valence-corrected chi connectivity index (χ2v) is 16.3. The Morgan fingerprint density at radius 2 is 0.755 bits per heavy atom. The number of hydrogen-bond acceptors (Lipinski definition) is 4. The highest BCUT2D eigenvalue weighted by atomic mass is 16.3. The molecule has 5 heteroatoms. The summed E-state index contributed by atoms with van der Waals surface area (Å²) in [7, 11) is 0. The number of allylic oxidation sites excluding steroid dienone is 4. The fourth-order valence-electron chi connectivity index (χ4n) is 7.33. The minimum atomic E-state index is -1.16. The summed E-state index contributed by atoms with van der Waals surface area (Å²) in [5.74, 6) is -0.157. The van der Waals surface area contributed by atoms with Crippen molar-refractivity contribution in [2.24, 2.45) is 0 Å². The molecule has 0 spiro atoms. The molecule has 0 saturated carbocycles. The zero-order valence-electron chi connectivity index (χ0n) is 35.7. The molecule has 0 aromatic heterocycles. The Morgan fingerprint density at radius 1 is 0.453 bits per heavy atom. The van der Waals surface area contributed by atoms with Crippen molar-refractivity contribution in [3.05, 3.63) is 24.3 Å². The number of unbranched alkanes of at least 4 members (excludes halogenated alkanes) is 31. The number of nitrogens with one attached hydrogen (secondary N) is 1. The molecule has 3 atom stereocenters. The topological polar surface area (TPSA) is 89.8 Å². The second-order valence-electron chi connectivity index (χ2n) is 16.3. The highest BCUT2D eigenvalue weighted by Crippen LogP contribution is 2.16. The SMILES string of the molecule is CCCCCCCC/C=C\CCCCCCCCCC(=O)NC(CO)C(O)C(O)CCC/C=C/CCCCCCCCCCCCCCCCCCC. The summed E-state index contributed by atoms with van der Waals surface area (Å²) in [5, 5.41) is 33.6. The van der Waals surface area contributed by atoms with E-state index in [9.17, 15) is 20.1 Å². The Bertz CT molecular complexity index is 784. The number of carbonyl (C=O) groups is 1. The van der Waals surface area contributed by atoms with Gasteiger partial charge >= 0.3 is 0 Å². The van der Waals surface area contributed by atoms with Gasteiger partial charge in [0.15, 0.2) is 0 Å². The van der Waals surface area contributed by atoms with Crippen molar-refractivity contribution < 1.29 is 20.1 Å². The van der Waals surface area contributed by atoms with Crippen LogP contribution in [-0.4, -0.2) is 46.1 Å². The van der Waals surface area contributed by atoms with Gasteiger partial charge in [0, 0.05) is 6.42 Å². The molecule has 5 nitrogen and oxygen atoms in total. The lowest BCUT2D eigenvalue weighted by molar-refractivity contribution is -0.124. The van der Waals surface area contributed by atoms with Gasteiger partial charge in [-0.1, -0.05) is 205 Å². The number of hydrogen-bond donors (Lipinski definition) is 4. The molecule has 53 heavy (non-hydrogen) atoms. The number of carbonyl (C=O) groups excluding carboxylic acids is 1. The summed E-state index contributed by atoms with van der Waals surface area (Å²) in [6.45, 7) is 4.18. The summed E-state index contributed by atoms with van der Waals surface area (Å²) in [6.07, 6.45) is 53.0. The minimum Gasteiger partial charge on any atom is -0.394 e. The van der Waals surface area contributed by atoms with Crippen LogP contribution in [0.2, 0.25) is 0 Å². The van der Waals surface area contributed by atoms with E-state index in [0.717, 1.165) is 38.5 Å². The lowest BCUT2D eigenvalue weighted by Gasteiger charge is -2.26. The molecule has 0 aliphatic heterocycles. The molecule has 0 saturated heterocycles. The monoisotopic (exact) mass is 748 g/mol. The lowest BCUT2D eigenvalue weighted by Crippen LogP contribution is -2.50. The Morgan fingerprint density at radius 3 is 1.09 bits per heavy atom. The predicted molar refractivity (Wildman–Crippen MR) is 231 cm³/mol. The maximum atomic E-state index is 12.4. The van der Waals surface area contributed by atoms with E-state index in [1.165, 1.54) is 186 Å². The van der Waals surface area contributed by atoms with Crippen LogP contribution in [0.1, 0.15) is 251 Å². The van der Waals surface area contributed by atoms with Crippen LogP contribution in [0.15, 0.2) is 24.3 Å². The van der Waals surface area contributed by atoms with Gasteiger partial charge in [-0.3, -0.25) is 4.79 Å². The average molecular weight is 748 g/mol. The standard InChI is InChI=1S/C48H93NO4/c1-3-5-7-9-11-13-15-17-19-21-22-23-24-25-27-28-30-32-34-36-38-40-42-46(51)48(53)45(44-50)49-47(52)43-41-39-37-35-33-31-29-26-20-18-16-14-12-10-8-6-4-2/h18,20,34,36,45-46,48,50-51,53H,3-17,19,21-33,35,37-44H2,1-2H3,(H,49,52)/b20-18-,36-34+. The fourth-order valence-corrected chi connectivity index (χ4v) is 7.33. The Kier molecular flexibility index (Phi) is 42.6. The third kappa shape index (κ3) is 38.9. The molecule has 0 aromatic rings. The molecule has 0 heterocycles. The predicted octanol–water partition coefficient (Wildman–Crippen LogP) is 13.8. The van der Waals surface area contributed by atoms with Gasteiger partial charge in [-0.05, 0) is 64.2 Å². The van der Waals surface area contributed by atoms with Crippen molar-refractivity contribution in [2.75, 3.05) is 6.61 Å². The second kappa shape index (κ2) is 43.6. The van der Waals surface area contributed by atoms with E-state index in [2.05, 4.69) is 43.5 Å². The summed E-state index contributed by atoms with van der Waals surface area (Å²) in [6, 6.07) is -0.826. The fraction of sp³-hybridized carbons (Fsp3) is 0.896. The van der Waals surface area contributed by atoms with E-state index in [4.69, 9.17) is 0 Å². The molecule has 0 fully saturated rings. The highest BCUT2D eigenvalue weighted by Gasteiger charge is 2.26. The van der Waals surface area contributed by atoms with Gasteiger partial charge in [0.05, 0.1) is 18.8 Å². The van der Waals surface area contributed by atoms with Gasteiger partial charge in [-0.2, -0.15) is 0 Å². The molecule has 3 unspecified atom stereocenters. The van der Waals surface area contributed by atoms with Crippen molar-refractivity contribution in [1.82, 2.24) is 5.32 Å². The van der Waals surface area contributed by atoms with Crippen LogP contribution in [0, 0.1) is 0 Å². The normalized spacial score (nSPS) is 13.7. The van der Waals surface area contributed by atoms with Crippen molar-refractivity contribution >= 4 is 5.91 Å². The van der Waals surface area contributed by atoms with Crippen molar-refractivity contribution in [3.63, 3.8) is 0 Å². The van der Waals surface area contributed by atoms with Crippen LogP contribution < -0.4 is 5.32 Å². The minimum absolute atomic E-state index is 0.157. The largest absolute Gasteiger partial charge is 0.394 e. The number of aliphatic hydroxyl groups excluding tert-OH is 3. The lowest BCUT2D eigenvalue weighted by atomic mass is 10.0. The molecule has 314 valence electrons. The third-order valence-electron chi connectivity index (χ3n) is 11.0. The van der Waals surface area contributed by atoms with Crippen LogP contribution in [-0.2, 0) is 4.79 Å². The van der Waals surface area contributed by atoms with Crippen molar-refractivity contribution in [2.45, 2.75) is 270 Å². The van der Waals surface area contributed by atoms with Gasteiger partial charge in [0.25, 0.3) is 0 Å². The molecule has 1 amide bonds. The highest BCUT2D eigenvalue weighted by molar-refractivity contribution is 5.76. The number of amides is 1. The molecule has 0 bridgehead atoms. The molecule has 0 aromatic carbocycles. The Labute approximate surface area is 331 Å². The van der Waals surface area contributed by atoms with Gasteiger partial charge in [-0.25, -0.2) is 0 Å². The maximum absolute atomic E-state index is 12.4. The van der Waals surface area contributed by atoms with E-state index in [-0.39, 0.29) is 12.5 Å². The Hall–Kier alpha value is -1.17. The quantitative estimate of drug-likeness (QED) is 0.0369. The molecule has 0 aliphatic carbocycles. The van der Waals surface area contributed by atoms with Crippen LogP contribution in [0.3, 0.4) is 0 Å². The number of rotatable bonds is 43. The van der Waals surface area contributed by atoms with E-state index >= 15 is 0 Å². The third-order valence-corrected chi connectivity index (χ3v) is 11.0. The van der Waals surface area contributed by atoms with Crippen molar-refractivity contribution in [1.29, 1.82) is 0 Å². The van der Waals surface area contributed by atoms with Crippen LogP contribution >= 0.6 is 0 Å². The van der Waals surface area contributed by atoms with Gasteiger partial charge in [-0.15, -0.1) is 0 Å². The van der Waals surface area contributed by atoms with Gasteiger partial charge in [0.2, 0.25) is 5.91 Å². The van der Waals surface area contributed by atoms with Gasteiger partial charge in [0.1, 0.15) is 6.10 Å². The average Bonchev–Trinajstić information content (AvgIpc) is 3.16. The summed E-state index contributed by atoms with van der Waals surface area (Å²) >= 11 is 0. The van der Waals surface area contributed by atoms with Gasteiger partial charge < -0.3 is 20.6 Å². The van der Waals surface area contributed by atoms with E-state index < -0.39 is 18.2 Å². The van der Waals surface area contributed by atoms with E-state index in [1.54, 1.807) is 0 Å². The first kappa shape index (κ1) is 51.8. The molecule has 0 aliphatic rings. The zero-order chi connectivity index (χ0) is 38.7. The van der Waals surface area contributed by atoms with Crippen molar-refractivity contribution in [3.8, 4) is 0 Å². The first-order valence-electron chi connectivity index (χ1n) is 23.6. The summed E-state index contributed by atoms with van der Waals surface area (Å²) in [5.41, 5.74) is 0. The molecular formula is C48H93NO4. The first-order valence-corrected chi connectivity index (χ1v) is 23.6. The van der Waals surface area contributed by atoms with E-state index in [1.807, 2.05) is 0 Å². The van der Waals surface area contributed by atoms with Crippen LogP contribution in [0.5, 0.6) is 0 Å². The Balaban J connectivity index is 3.63. The first-order chi connectivity index (χ1) is 26.1. The maximum Gasteiger partial charge on any atom is 0.220 e.